The number of Topliss-reactive ketones (excluding diaryl/α,β-unsaturated/α-hetero) is 1. The van der Waals surface area contributed by atoms with Crippen molar-refractivity contribution in [3.05, 3.63) is 59.7 Å². The second-order valence-electron chi connectivity index (χ2n) is 7.71. The molecule has 2 aromatic carbocycles. The van der Waals surface area contributed by atoms with E-state index in [1.165, 1.54) is 0 Å². The van der Waals surface area contributed by atoms with Gasteiger partial charge in [-0.2, -0.15) is 0 Å². The molecule has 1 aliphatic rings. The van der Waals surface area contributed by atoms with Crippen LogP contribution in [0.3, 0.4) is 0 Å². The van der Waals surface area contributed by atoms with E-state index in [1.807, 2.05) is 42.5 Å². The molecular formula is C24H31N3O3. The molecule has 0 atom stereocenters. The topological polar surface area (TPSA) is 75.9 Å². The maximum absolute atomic E-state index is 12.5. The zero-order chi connectivity index (χ0) is 21.3. The second-order valence-corrected chi connectivity index (χ2v) is 7.71. The third kappa shape index (κ3) is 6.23. The number of ketones is 1. The lowest BCUT2D eigenvalue weighted by Crippen LogP contribution is -2.36. The van der Waals surface area contributed by atoms with Gasteiger partial charge in [-0.1, -0.05) is 42.5 Å². The predicted molar refractivity (Wildman–Crippen MR) is 118 cm³/mol. The van der Waals surface area contributed by atoms with E-state index in [2.05, 4.69) is 11.0 Å². The second kappa shape index (κ2) is 11.0. The number of ether oxygens (including phenoxy) is 1. The summed E-state index contributed by atoms with van der Waals surface area (Å²) in [4.78, 5) is 28.2. The average Bonchev–Trinajstić information content (AvgIpc) is 2.79. The molecule has 160 valence electrons. The minimum absolute atomic E-state index is 0.0120. The maximum Gasteiger partial charge on any atom is 0.236 e. The number of likely N-dealkylation sites (N-methyl/N-ethyl adjacent to an activating group) is 1. The van der Waals surface area contributed by atoms with Gasteiger partial charge < -0.3 is 15.4 Å². The first-order valence-corrected chi connectivity index (χ1v) is 10.5. The molecule has 1 saturated heterocycles. The Hall–Kier alpha value is -2.54. The number of hydrogen-bond acceptors (Lipinski definition) is 5. The molecular weight excluding hydrogens is 378 g/mol. The largest absolute Gasteiger partial charge is 0.379 e. The van der Waals surface area contributed by atoms with Crippen LogP contribution in [-0.4, -0.2) is 67.9 Å². The molecule has 0 saturated carbocycles. The van der Waals surface area contributed by atoms with Crippen LogP contribution in [0.25, 0.3) is 11.1 Å². The number of amides is 1. The Balaban J connectivity index is 1.56. The van der Waals surface area contributed by atoms with E-state index in [0.29, 0.717) is 13.0 Å². The Labute approximate surface area is 178 Å². The SMILES string of the molecule is CN(Cc1cccc(-c2ccc(C(=O)CCCN3CCOCC3)cc2)c1)C(=O)CN. The van der Waals surface area contributed by atoms with Crippen LogP contribution in [0.4, 0.5) is 0 Å². The standard InChI is InChI=1S/C24H31N3O3/c1-26(24(29)17-25)18-19-4-2-5-22(16-19)20-7-9-21(10-8-20)23(28)6-3-11-27-12-14-30-15-13-27/h2,4-5,7-10,16H,3,6,11-15,17-18,25H2,1H3. The molecule has 2 N–H and O–H groups in total. The molecule has 1 aliphatic heterocycles. The van der Waals surface area contributed by atoms with Crippen LogP contribution < -0.4 is 5.73 Å². The molecule has 3 rings (SSSR count). The van der Waals surface area contributed by atoms with Gasteiger partial charge in [-0.15, -0.1) is 0 Å². The zero-order valence-corrected chi connectivity index (χ0v) is 17.7. The quantitative estimate of drug-likeness (QED) is 0.644. The van der Waals surface area contributed by atoms with Gasteiger partial charge in [0.25, 0.3) is 0 Å². The van der Waals surface area contributed by atoms with Crippen molar-refractivity contribution in [3.63, 3.8) is 0 Å². The van der Waals surface area contributed by atoms with Crippen molar-refractivity contribution in [3.8, 4) is 11.1 Å². The van der Waals surface area contributed by atoms with Crippen LogP contribution in [0.15, 0.2) is 48.5 Å². The van der Waals surface area contributed by atoms with Crippen LogP contribution in [0.1, 0.15) is 28.8 Å². The number of benzene rings is 2. The van der Waals surface area contributed by atoms with Crippen LogP contribution in [0.5, 0.6) is 0 Å². The molecule has 1 heterocycles. The van der Waals surface area contributed by atoms with Crippen molar-refractivity contribution in [1.29, 1.82) is 0 Å². The average molecular weight is 410 g/mol. The van der Waals surface area contributed by atoms with Crippen molar-refractivity contribution in [2.24, 2.45) is 5.73 Å². The van der Waals surface area contributed by atoms with Crippen molar-refractivity contribution < 1.29 is 14.3 Å². The molecule has 1 fully saturated rings. The van der Waals surface area contributed by atoms with E-state index in [0.717, 1.165) is 61.5 Å². The Morgan fingerprint density at radius 3 is 2.50 bits per heavy atom. The highest BCUT2D eigenvalue weighted by atomic mass is 16.5. The lowest BCUT2D eigenvalue weighted by atomic mass is 9.99. The van der Waals surface area contributed by atoms with Crippen molar-refractivity contribution >= 4 is 11.7 Å². The van der Waals surface area contributed by atoms with Crippen molar-refractivity contribution in [1.82, 2.24) is 9.80 Å². The number of carbonyl (C=O) groups excluding carboxylic acids is 2. The van der Waals surface area contributed by atoms with E-state index >= 15 is 0 Å². The monoisotopic (exact) mass is 409 g/mol. The third-order valence-electron chi connectivity index (χ3n) is 5.47. The summed E-state index contributed by atoms with van der Waals surface area (Å²) < 4.78 is 5.35. The number of nitrogens with zero attached hydrogens (tertiary/aromatic N) is 2. The van der Waals surface area contributed by atoms with E-state index in [9.17, 15) is 9.59 Å². The molecule has 0 aromatic heterocycles. The molecule has 0 bridgehead atoms. The highest BCUT2D eigenvalue weighted by Crippen LogP contribution is 2.22. The summed E-state index contributed by atoms with van der Waals surface area (Å²) in [6.45, 7) is 4.96. The fraction of sp³-hybridized carbons (Fsp3) is 0.417. The summed E-state index contributed by atoms with van der Waals surface area (Å²) in [5.74, 6) is 0.0994. The number of morpholine rings is 1. The minimum atomic E-state index is -0.0862. The molecule has 1 amide bonds. The summed E-state index contributed by atoms with van der Waals surface area (Å²) >= 11 is 0. The van der Waals surface area contributed by atoms with Gasteiger partial charge in [0.15, 0.2) is 5.78 Å². The highest BCUT2D eigenvalue weighted by molar-refractivity contribution is 5.96. The lowest BCUT2D eigenvalue weighted by Gasteiger charge is -2.26. The van der Waals surface area contributed by atoms with Crippen LogP contribution in [-0.2, 0) is 16.1 Å². The van der Waals surface area contributed by atoms with Crippen LogP contribution >= 0.6 is 0 Å². The number of nitrogens with two attached hydrogens (primary N) is 1. The third-order valence-corrected chi connectivity index (χ3v) is 5.47. The first kappa shape index (κ1) is 22.2. The molecule has 0 unspecified atom stereocenters. The van der Waals surface area contributed by atoms with Crippen molar-refractivity contribution in [2.45, 2.75) is 19.4 Å². The minimum Gasteiger partial charge on any atom is -0.379 e. The van der Waals surface area contributed by atoms with Gasteiger partial charge in [-0.25, -0.2) is 0 Å². The van der Waals surface area contributed by atoms with Gasteiger partial charge in [0.2, 0.25) is 5.91 Å². The lowest BCUT2D eigenvalue weighted by molar-refractivity contribution is -0.128. The normalized spacial score (nSPS) is 14.5. The first-order chi connectivity index (χ1) is 14.6. The maximum atomic E-state index is 12.5. The number of hydrogen-bond donors (Lipinski definition) is 1. The van der Waals surface area contributed by atoms with Crippen LogP contribution in [0.2, 0.25) is 0 Å². The van der Waals surface area contributed by atoms with E-state index in [-0.39, 0.29) is 18.2 Å². The zero-order valence-electron chi connectivity index (χ0n) is 17.7. The summed E-state index contributed by atoms with van der Waals surface area (Å²) in [5, 5.41) is 0. The molecule has 6 heteroatoms. The van der Waals surface area contributed by atoms with Gasteiger partial charge in [-0.05, 0) is 35.7 Å². The molecule has 2 aromatic rings. The summed E-state index contributed by atoms with van der Waals surface area (Å²) in [7, 11) is 1.75. The number of carbonyl (C=O) groups is 2. The van der Waals surface area contributed by atoms with Gasteiger partial charge in [0, 0.05) is 38.7 Å². The molecule has 6 nitrogen and oxygen atoms in total. The van der Waals surface area contributed by atoms with Crippen LogP contribution in [0, 0.1) is 0 Å². The predicted octanol–water partition coefficient (Wildman–Crippen LogP) is 2.57. The highest BCUT2D eigenvalue weighted by Gasteiger charge is 2.12. The first-order valence-electron chi connectivity index (χ1n) is 10.5. The molecule has 0 radical (unpaired) electrons. The van der Waals surface area contributed by atoms with Crippen molar-refractivity contribution in [2.75, 3.05) is 46.4 Å². The number of rotatable bonds is 9. The van der Waals surface area contributed by atoms with Gasteiger partial charge >= 0.3 is 0 Å². The van der Waals surface area contributed by atoms with Gasteiger partial charge in [0.05, 0.1) is 19.8 Å². The Morgan fingerprint density at radius 2 is 1.80 bits per heavy atom. The Morgan fingerprint density at radius 1 is 1.07 bits per heavy atom. The van der Waals surface area contributed by atoms with E-state index in [4.69, 9.17) is 10.5 Å². The Kier molecular flexibility index (Phi) is 8.13. The fourth-order valence-electron chi connectivity index (χ4n) is 3.65. The summed E-state index contributed by atoms with van der Waals surface area (Å²) in [5.41, 5.74) is 9.34. The van der Waals surface area contributed by atoms with Gasteiger partial charge in [-0.3, -0.25) is 14.5 Å². The van der Waals surface area contributed by atoms with E-state index < -0.39 is 0 Å². The fourth-order valence-corrected chi connectivity index (χ4v) is 3.65. The Bertz CT molecular complexity index is 845. The summed E-state index contributed by atoms with van der Waals surface area (Å²) in [6, 6.07) is 15.9. The van der Waals surface area contributed by atoms with Gasteiger partial charge in [0.1, 0.15) is 0 Å². The molecule has 30 heavy (non-hydrogen) atoms. The van der Waals surface area contributed by atoms with E-state index in [1.54, 1.807) is 11.9 Å². The summed E-state index contributed by atoms with van der Waals surface area (Å²) in [6.07, 6.45) is 1.44. The smallest absolute Gasteiger partial charge is 0.236 e. The molecule has 0 spiro atoms. The molecule has 0 aliphatic carbocycles.